The van der Waals surface area contributed by atoms with Gasteiger partial charge in [0.05, 0.1) is 88.2 Å². The van der Waals surface area contributed by atoms with Gasteiger partial charge in [-0.25, -0.2) is 20.2 Å². The molecule has 4 aliphatic rings. The number of carbonyl (C=O) groups is 2. The Bertz CT molecular complexity index is 4490. The van der Waals surface area contributed by atoms with Crippen LogP contribution < -0.4 is 18.9 Å². The molecule has 4 aromatic heterocycles. The van der Waals surface area contributed by atoms with Crippen molar-refractivity contribution in [1.82, 2.24) is 0 Å². The predicted molar refractivity (Wildman–Crippen MR) is 427 cm³/mol. The van der Waals surface area contributed by atoms with Crippen LogP contribution in [0.2, 0.25) is 10.0 Å². The minimum Gasteiger partial charge on any atom is -0.491 e. The van der Waals surface area contributed by atoms with Crippen LogP contribution in [0, 0.1) is 35.8 Å². The van der Waals surface area contributed by atoms with Gasteiger partial charge in [0.2, 0.25) is 0 Å². The number of halogens is 2. The molecule has 0 bridgehead atoms. The fraction of sp³-hybridized carbons (Fsp3) is 0.488. The lowest BCUT2D eigenvalue weighted by molar-refractivity contribution is 0.0408. The topological polar surface area (TPSA) is 127 Å². The number of allylic oxidation sites excluding steroid dienone is 6. The monoisotopic (exact) mass is 1480 g/mol. The summed E-state index contributed by atoms with van der Waals surface area (Å²) >= 11 is 19.9. The molecule has 6 heterocycles. The van der Waals surface area contributed by atoms with E-state index in [9.17, 15) is 20.1 Å². The van der Waals surface area contributed by atoms with Crippen molar-refractivity contribution < 1.29 is 28.5 Å². The highest BCUT2D eigenvalue weighted by molar-refractivity contribution is 7.29. The molecule has 0 radical (unpaired) electrons. The number of ether oxygens (including phenoxy) is 4. The maximum absolute atomic E-state index is 14.9. The van der Waals surface area contributed by atoms with E-state index < -0.39 is 11.2 Å². The molecule has 0 amide bonds. The Hall–Kier alpha value is -6.98. The number of nitrogens with zero attached hydrogens (tertiary/aromatic N) is 4. The number of hydrogen-bond donors (Lipinski definition) is 0. The molecule has 0 saturated carbocycles. The van der Waals surface area contributed by atoms with Gasteiger partial charge in [-0.15, -0.1) is 45.3 Å². The Morgan fingerprint density at radius 1 is 0.471 bits per heavy atom. The van der Waals surface area contributed by atoms with E-state index >= 15 is 0 Å². The SMILES string of the molecule is [C-]#[N+]/C(C#N)=C1\C(=C\c2cc3c(s2)-c2sc4c(OCCCCCCCC)c5c6c(sc5c(OCCCCCCCC)c4c2OC3(CCCCCC)CCCCCC)-c2sc(/C=C3\C(=O)c4cc(Cl)c(Cl)cc4\C3=C(\C#N)[N+]#[C-])cc2C(CCCCCC)(CCCCCC)O6)C(=O)c2ccccc21. The van der Waals surface area contributed by atoms with Crippen LogP contribution in [-0.2, 0) is 11.2 Å². The quantitative estimate of drug-likeness (QED) is 0.0162. The molecule has 0 atom stereocenters. The zero-order valence-electron chi connectivity index (χ0n) is 60.4. The zero-order valence-corrected chi connectivity index (χ0v) is 65.2. The lowest BCUT2D eigenvalue weighted by Crippen LogP contribution is -2.35. The van der Waals surface area contributed by atoms with E-state index in [0.717, 1.165) is 263 Å². The Balaban J connectivity index is 1.20. The zero-order chi connectivity index (χ0) is 71.9. The van der Waals surface area contributed by atoms with Gasteiger partial charge >= 0.3 is 0 Å². The minimum atomic E-state index is -0.781. The number of ketones is 2. The van der Waals surface area contributed by atoms with Gasteiger partial charge in [0.15, 0.2) is 23.1 Å². The summed E-state index contributed by atoms with van der Waals surface area (Å²) in [6, 6.07) is 19.2. The molecular weight excluding hydrogens is 1380 g/mol. The average molecular weight is 1480 g/mol. The van der Waals surface area contributed by atoms with E-state index in [0.29, 0.717) is 46.6 Å². The number of nitriles is 2. The predicted octanol–water partition coefficient (Wildman–Crippen LogP) is 28.3. The van der Waals surface area contributed by atoms with Crippen molar-refractivity contribution >= 4 is 124 Å². The highest BCUT2D eigenvalue weighted by atomic mass is 35.5. The van der Waals surface area contributed by atoms with Crippen molar-refractivity contribution in [3.05, 3.63) is 147 Å². The summed E-state index contributed by atoms with van der Waals surface area (Å²) in [5.74, 6) is 2.60. The first kappa shape index (κ1) is 76.2. The summed E-state index contributed by atoms with van der Waals surface area (Å²) < 4.78 is 33.4. The van der Waals surface area contributed by atoms with E-state index in [-0.39, 0.29) is 44.2 Å². The molecule has 0 saturated heterocycles. The van der Waals surface area contributed by atoms with E-state index in [4.69, 9.17) is 55.3 Å². The Kier molecular flexibility index (Phi) is 26.6. The third-order valence-corrected chi connectivity index (χ3v) is 26.4. The maximum atomic E-state index is 14.9. The first-order chi connectivity index (χ1) is 49.8. The lowest BCUT2D eigenvalue weighted by atomic mass is 9.81. The van der Waals surface area contributed by atoms with Crippen LogP contribution in [0.5, 0.6) is 23.0 Å². The lowest BCUT2D eigenvalue weighted by Gasteiger charge is -2.39. The Morgan fingerprint density at radius 2 is 0.824 bits per heavy atom. The first-order valence-electron chi connectivity index (χ1n) is 38.0. The summed E-state index contributed by atoms with van der Waals surface area (Å²) in [5, 5.41) is 23.2. The molecule has 10 nitrogen and oxygen atoms in total. The average Bonchev–Trinajstić information content (AvgIpc) is 1.53. The largest absolute Gasteiger partial charge is 0.491 e. The molecular formula is C86H96Cl2N4O6S4. The second-order valence-corrected chi connectivity index (χ2v) is 33.1. The summed E-state index contributed by atoms with van der Waals surface area (Å²) in [7, 11) is 0. The van der Waals surface area contributed by atoms with Gasteiger partial charge < -0.3 is 18.9 Å². The molecule has 102 heavy (non-hydrogen) atoms. The molecule has 3 aromatic carbocycles. The molecule has 0 fully saturated rings. The number of Topliss-reactive ketones (excluding diaryl/α,β-unsaturated/α-hetero) is 2. The van der Waals surface area contributed by atoms with Gasteiger partial charge in [0.25, 0.3) is 11.4 Å². The van der Waals surface area contributed by atoms with Crippen molar-refractivity contribution in [3.63, 3.8) is 0 Å². The van der Waals surface area contributed by atoms with Gasteiger partial charge in [-0.3, -0.25) is 9.59 Å². The maximum Gasteiger partial charge on any atom is 0.270 e. The summed E-state index contributed by atoms with van der Waals surface area (Å²) in [4.78, 5) is 42.7. The first-order valence-corrected chi connectivity index (χ1v) is 42.0. The third-order valence-electron chi connectivity index (χ3n) is 20.8. The van der Waals surface area contributed by atoms with Crippen molar-refractivity contribution in [2.45, 2.75) is 258 Å². The van der Waals surface area contributed by atoms with Crippen LogP contribution in [0.3, 0.4) is 0 Å². The van der Waals surface area contributed by atoms with Crippen LogP contribution in [-0.4, -0.2) is 24.8 Å². The number of rotatable bonds is 38. The molecule has 11 rings (SSSR count). The van der Waals surface area contributed by atoms with E-state index in [1.807, 2.05) is 30.4 Å². The number of thiophene rings is 4. The van der Waals surface area contributed by atoms with E-state index in [1.165, 1.54) is 25.7 Å². The number of unbranched alkanes of at least 4 members (excludes halogenated alkanes) is 22. The van der Waals surface area contributed by atoms with E-state index in [2.05, 4.69) is 75.5 Å². The summed E-state index contributed by atoms with van der Waals surface area (Å²) in [5.41, 5.74) is 3.41. The van der Waals surface area contributed by atoms with Gasteiger partial charge in [-0.1, -0.05) is 230 Å². The molecule has 534 valence electrons. The van der Waals surface area contributed by atoms with Gasteiger partial charge in [0, 0.05) is 54.3 Å². The highest BCUT2D eigenvalue weighted by Crippen LogP contribution is 2.67. The van der Waals surface area contributed by atoms with Crippen molar-refractivity contribution in [3.8, 4) is 54.6 Å². The third kappa shape index (κ3) is 15.7. The summed E-state index contributed by atoms with van der Waals surface area (Å²) in [6.45, 7) is 30.8. The minimum absolute atomic E-state index is 0.105. The number of benzene rings is 3. The fourth-order valence-electron chi connectivity index (χ4n) is 15.5. The van der Waals surface area contributed by atoms with Crippen molar-refractivity contribution in [2.24, 2.45) is 0 Å². The smallest absolute Gasteiger partial charge is 0.270 e. The van der Waals surface area contributed by atoms with Crippen LogP contribution in [0.4, 0.5) is 0 Å². The van der Waals surface area contributed by atoms with Crippen LogP contribution >= 0.6 is 68.5 Å². The van der Waals surface area contributed by atoms with Crippen molar-refractivity contribution in [1.29, 1.82) is 10.5 Å². The molecule has 0 N–H and O–H groups in total. The van der Waals surface area contributed by atoms with E-state index in [1.54, 1.807) is 63.5 Å². The Labute approximate surface area is 631 Å². The number of carbonyl (C=O) groups excluding carboxylic acids is 2. The molecule has 0 spiro atoms. The van der Waals surface area contributed by atoms with Crippen LogP contribution in [0.15, 0.2) is 71.1 Å². The molecule has 16 heteroatoms. The molecule has 2 aliphatic heterocycles. The van der Waals surface area contributed by atoms with Crippen molar-refractivity contribution in [2.75, 3.05) is 13.2 Å². The van der Waals surface area contributed by atoms with Crippen LogP contribution in [0.25, 0.3) is 72.7 Å². The van der Waals surface area contributed by atoms with Gasteiger partial charge in [0.1, 0.15) is 22.7 Å². The van der Waals surface area contributed by atoms with Gasteiger partial charge in [-0.05, 0) is 112 Å². The fourth-order valence-corrected chi connectivity index (χ4v) is 20.9. The van der Waals surface area contributed by atoms with Crippen LogP contribution in [0.1, 0.15) is 300 Å². The second-order valence-electron chi connectivity index (χ2n) is 28.1. The molecule has 0 unspecified atom stereocenters. The highest BCUT2D eigenvalue weighted by Gasteiger charge is 2.48. The molecule has 7 aromatic rings. The molecule has 2 aliphatic carbocycles. The standard InChI is InChI=1S/C86H96Cl2N4O6S4/c1-9-15-21-27-29-37-45-95-75-71-77-83(79-63(85(97-77,41-33-23-17-11-3)42-34-24-18-12-4)49-55(99-79)47-61-69(67(53-89)91-7)57-39-31-32-40-58(57)73(61)93)101-81(71)76(96-46-38-30-28-22-16-10-2)72-78-84(102-82(72)75)80-64(86(98-78,43-35-25-19-13-5)44-36-26-20-14-6)50-56(100-80)48-62-70(68(54-90)92-8)59-51-65(87)66(88)52-60(59)74(62)94/h31-32,39-40,47-52H,9-30,33-38,41-46H2,1-6H3/b61-47-,62-48-,69-67-,70-68+. The Morgan fingerprint density at radius 3 is 1.22 bits per heavy atom. The normalized spacial score (nSPS) is 16.2. The second kappa shape index (κ2) is 35.7. The van der Waals surface area contributed by atoms with Gasteiger partial charge in [-0.2, -0.15) is 0 Å². The number of fused-ring (bicyclic) bond motifs is 12. The number of hydrogen-bond acceptors (Lipinski definition) is 12. The summed E-state index contributed by atoms with van der Waals surface area (Å²) in [6.07, 6.45) is 36.7.